The minimum absolute atomic E-state index is 0. The van der Waals surface area contributed by atoms with Crippen molar-refractivity contribution in [3.05, 3.63) is 241 Å². The summed E-state index contributed by atoms with van der Waals surface area (Å²) in [6.45, 7) is 21.8. The number of imidazole rings is 3. The topological polar surface area (TPSA) is 283 Å². The SMILES string of the molecule is CC1(C)OB(C2=CCOCC2)OC1(C)C.Cl.Cl.Clc1ccc2nc(C3CN(c4cc(C5CCOCC5)ccn4)C3)[nH]c2c1.Clc1ccc2nc(C3CN(c4cc(C5CCOCC5)ccn4)C3)[nH]c2c1.Clc1ccc2nc(C3CNC3)[nH]c2c1.Fc1cc(Br)ccn1.Fc1cc(C2=CCOCC2)ccn1.Fc1cc(C2CCOCC2)ccn1.O=CO[O-].[Cs+].[Cs+].[H-]. The van der Waals surface area contributed by atoms with Gasteiger partial charge in [0.2, 0.25) is 17.8 Å². The summed E-state index contributed by atoms with van der Waals surface area (Å²) >= 11 is 21.1. The predicted molar refractivity (Wildman–Crippen MR) is 472 cm³/mol. The van der Waals surface area contributed by atoms with Crippen LogP contribution in [-0.4, -0.2) is 185 Å². The average Bonchev–Trinajstić information content (AvgIpc) is 1.59. The molecule has 36 heteroatoms. The van der Waals surface area contributed by atoms with Crippen LogP contribution < -0.4 is 158 Å². The van der Waals surface area contributed by atoms with Gasteiger partial charge in [-0.25, -0.2) is 39.9 Å². The number of hydrogen-bond donors (Lipinski definition) is 4. The zero-order valence-electron chi connectivity index (χ0n) is 70.6. The number of hydrogen-bond acceptors (Lipinski definition) is 21. The molecule has 0 radical (unpaired) electrons. The Kier molecular flexibility index (Phi) is 42.5. The molecule has 0 atom stereocenters. The molecule has 20 rings (SSSR count). The van der Waals surface area contributed by atoms with E-state index in [-0.39, 0.29) is 195 Å². The number of nitrogens with zero attached hydrogens (tertiary/aromatic N) is 10. The van der Waals surface area contributed by atoms with Crippen LogP contribution in [0.1, 0.15) is 156 Å². The van der Waals surface area contributed by atoms with E-state index in [2.05, 4.69) is 139 Å². The number of aromatic amines is 3. The standard InChI is InChI=1S/2C20H21ClN4O.C11H19BO3.C10H10ClN3.C10H12FNO.C10H10FNO.C5H3BrFN.CH2O3.2ClH.2Cs.H/c2*21-16-1-2-17-18(10-16)24-20(23-17)15-11-25(12-15)19-9-14(3-6-22-19)13-4-7-26-8-5-13;1-10(2)11(3,4)15-12(14-10)9-5-7-13-8-6-9;11-7-1-2-8-9(3-7)14-10(13-8)6-4-12-5-6;2*11-10-7-9(1-4-12-10)8-2-5-13-6-3-8;6-4-1-2-8-5(7)3-4;2-1-4-3;;;;;/h2*1-3,6,9-10,13,15H,4-5,7-8,11-12H2,(H,23,24);5H,6-8H2,1-4H3;1-3,6,12H,4-5H2,(H,13,14);1,4,7-8H,2-3,5-6H2;1-2,4,7H,3,5-6H2;1-3H;1,3H;2*1H;;;/q;;;;;;;;;;2*+1;-1/p-1. The number of fused-ring (bicyclic) bond motifs is 3. The number of ether oxygens (including phenoxy) is 5. The van der Waals surface area contributed by atoms with E-state index in [9.17, 15) is 13.2 Å². The zero-order chi connectivity index (χ0) is 83.3. The van der Waals surface area contributed by atoms with Crippen LogP contribution >= 0.6 is 75.5 Å². The first kappa shape index (κ1) is 103. The first-order valence-corrected chi connectivity index (χ1v) is 42.1. The Morgan fingerprint density at radius 2 is 0.870 bits per heavy atom. The van der Waals surface area contributed by atoms with Crippen LogP contribution in [0, 0.1) is 17.8 Å². The van der Waals surface area contributed by atoms with E-state index in [1.165, 1.54) is 53.4 Å². The normalized spacial score (nSPS) is 18.1. The van der Waals surface area contributed by atoms with Crippen molar-refractivity contribution in [1.82, 2.24) is 60.1 Å². The van der Waals surface area contributed by atoms with Crippen LogP contribution in [0.15, 0.2) is 168 Å². The third-order valence-corrected chi connectivity index (χ3v) is 23.6. The maximum absolute atomic E-state index is 12.8. The summed E-state index contributed by atoms with van der Waals surface area (Å²) in [7, 11) is -0.182. The number of carbonyl (C=O) groups excluding carboxylic acids is 1. The number of aromatic nitrogens is 11. The third-order valence-electron chi connectivity index (χ3n) is 22.5. The summed E-state index contributed by atoms with van der Waals surface area (Å²) in [5.74, 6) is 7.04. The van der Waals surface area contributed by atoms with Crippen molar-refractivity contribution < 1.29 is 200 Å². The van der Waals surface area contributed by atoms with Crippen LogP contribution in [0.5, 0.6) is 0 Å². The molecule has 0 unspecified atom stereocenters. The van der Waals surface area contributed by atoms with E-state index >= 15 is 0 Å². The molecule has 0 saturated carbocycles. The molecule has 123 heavy (non-hydrogen) atoms. The second-order valence-corrected chi connectivity index (χ2v) is 33.2. The molecule has 8 aromatic heterocycles. The van der Waals surface area contributed by atoms with Crippen molar-refractivity contribution in [2.45, 2.75) is 126 Å². The molecule has 0 spiro atoms. The maximum atomic E-state index is 12.8. The van der Waals surface area contributed by atoms with Crippen molar-refractivity contribution in [3.8, 4) is 0 Å². The summed E-state index contributed by atoms with van der Waals surface area (Å²) in [6.07, 6.45) is 20.5. The molecule has 646 valence electrons. The summed E-state index contributed by atoms with van der Waals surface area (Å²) in [6, 6.07) is 35.8. The van der Waals surface area contributed by atoms with Crippen molar-refractivity contribution in [2.24, 2.45) is 0 Å². The van der Waals surface area contributed by atoms with Gasteiger partial charge in [-0.15, -0.1) is 24.8 Å². The van der Waals surface area contributed by atoms with E-state index in [0.717, 1.165) is 237 Å². The maximum Gasteiger partial charge on any atom is 1.00 e. The fourth-order valence-corrected chi connectivity index (χ4v) is 15.6. The fraction of sp³-hybridized carbons (Fsp3) is 0.414. The molecule has 11 aromatic rings. The van der Waals surface area contributed by atoms with Crippen LogP contribution in [0.3, 0.4) is 0 Å². The number of benzene rings is 3. The van der Waals surface area contributed by atoms with E-state index in [1.54, 1.807) is 6.07 Å². The van der Waals surface area contributed by atoms with Gasteiger partial charge in [0.25, 0.3) is 6.47 Å². The first-order valence-electron chi connectivity index (χ1n) is 40.1. The van der Waals surface area contributed by atoms with Crippen molar-refractivity contribution in [3.63, 3.8) is 0 Å². The molecule has 3 aromatic carbocycles. The molecular weight excluding hydrogens is 1990 g/mol. The molecule has 0 amide bonds. The summed E-state index contributed by atoms with van der Waals surface area (Å²) < 4.78 is 76.8. The number of pyridine rings is 5. The largest absolute Gasteiger partial charge is 1.00 e. The van der Waals surface area contributed by atoms with Crippen LogP contribution in [0.2, 0.25) is 15.1 Å². The van der Waals surface area contributed by atoms with Gasteiger partial charge in [-0.3, -0.25) is 4.79 Å². The van der Waals surface area contributed by atoms with Crippen LogP contribution in [-0.2, 0) is 42.7 Å². The van der Waals surface area contributed by atoms with Crippen LogP contribution in [0.25, 0.3) is 38.7 Å². The fourth-order valence-electron chi connectivity index (χ4n) is 14.8. The monoisotopic (exact) mass is 2090 g/mol. The van der Waals surface area contributed by atoms with E-state index in [0.29, 0.717) is 53.2 Å². The summed E-state index contributed by atoms with van der Waals surface area (Å²) in [5.41, 5.74) is 12.6. The van der Waals surface area contributed by atoms with Gasteiger partial charge >= 0.3 is 145 Å². The number of carbonyl (C=O) groups is 1. The molecular formula is C87H100BBrCl5Cs2F3N14O10. The van der Waals surface area contributed by atoms with Gasteiger partial charge in [0.05, 0.1) is 82.6 Å². The van der Waals surface area contributed by atoms with Crippen molar-refractivity contribution >= 4 is 139 Å². The Bertz CT molecular complexity index is 5040. The van der Waals surface area contributed by atoms with Gasteiger partial charge in [-0.05, 0) is 233 Å². The van der Waals surface area contributed by atoms with E-state index in [1.807, 2.05) is 85.2 Å². The first-order chi connectivity index (χ1) is 57.7. The Labute approximate surface area is 869 Å². The van der Waals surface area contributed by atoms with E-state index in [4.69, 9.17) is 87.8 Å². The number of H-pyrrole nitrogens is 3. The third kappa shape index (κ3) is 29.7. The second kappa shape index (κ2) is 50.9. The molecule has 4 N–H and O–H groups in total. The minimum Gasteiger partial charge on any atom is -1.00 e. The molecule has 7 saturated heterocycles. The van der Waals surface area contributed by atoms with Gasteiger partial charge < -0.3 is 74.6 Å². The number of rotatable bonds is 11. The Hall–Kier alpha value is -4.10. The average molecular weight is 2090 g/mol. The molecule has 17 heterocycles. The predicted octanol–water partition coefficient (Wildman–Crippen LogP) is 11.6. The quantitative estimate of drug-likeness (QED) is 0.0308. The van der Waals surface area contributed by atoms with Gasteiger partial charge in [-0.1, -0.05) is 62.9 Å². The number of halogens is 9. The number of anilines is 2. The second-order valence-electron chi connectivity index (χ2n) is 31.0. The Morgan fingerprint density at radius 3 is 1.23 bits per heavy atom. The van der Waals surface area contributed by atoms with Gasteiger partial charge in [0, 0.05) is 147 Å². The molecule has 0 aliphatic carbocycles. The molecule has 9 aliphatic rings. The smallest absolute Gasteiger partial charge is 1.00 e. The van der Waals surface area contributed by atoms with E-state index < -0.39 is 11.9 Å². The Morgan fingerprint density at radius 1 is 0.488 bits per heavy atom. The van der Waals surface area contributed by atoms with Crippen LogP contribution in [0.4, 0.5) is 24.8 Å². The molecule has 9 aliphatic heterocycles. The van der Waals surface area contributed by atoms with Gasteiger partial charge in [-0.2, -0.15) is 13.2 Å². The number of nitrogens with one attached hydrogen (secondary N) is 4. The van der Waals surface area contributed by atoms with Crippen molar-refractivity contribution in [1.29, 1.82) is 0 Å². The molecule has 0 bridgehead atoms. The zero-order valence-corrected chi connectivity index (χ0v) is 87.7. The van der Waals surface area contributed by atoms with Crippen molar-refractivity contribution in [2.75, 3.05) is 115 Å². The molecule has 24 nitrogen and oxygen atoms in total. The summed E-state index contributed by atoms with van der Waals surface area (Å²) in [5, 5.41) is 13.9. The Balaban J connectivity index is 0.000000182. The summed E-state index contributed by atoms with van der Waals surface area (Å²) in [4.78, 5) is 59.6. The minimum atomic E-state index is -0.459. The van der Waals surface area contributed by atoms with Gasteiger partial charge in [0.15, 0.2) is 0 Å². The van der Waals surface area contributed by atoms with Gasteiger partial charge in [0.1, 0.15) is 29.1 Å². The molecule has 7 fully saturated rings.